The number of fused-ring (bicyclic) bond motifs is 1. The number of benzene rings is 2. The lowest BCUT2D eigenvalue weighted by atomic mass is 10.2. The van der Waals surface area contributed by atoms with Crippen molar-refractivity contribution in [3.05, 3.63) is 58.1 Å². The minimum atomic E-state index is -0.666. The quantitative estimate of drug-likeness (QED) is 0.844. The van der Waals surface area contributed by atoms with E-state index in [0.717, 1.165) is 5.56 Å². The summed E-state index contributed by atoms with van der Waals surface area (Å²) in [5.74, 6) is 1.07. The zero-order chi connectivity index (χ0) is 16.4. The van der Waals surface area contributed by atoms with Crippen LogP contribution >= 0.6 is 23.2 Å². The van der Waals surface area contributed by atoms with Gasteiger partial charge >= 0.3 is 0 Å². The number of carbonyl (C=O) groups excluding carboxylic acids is 1. The Bertz CT molecular complexity index is 736. The summed E-state index contributed by atoms with van der Waals surface area (Å²) in [6.45, 7) is 0.560. The maximum absolute atomic E-state index is 12.5. The molecule has 1 atom stereocenters. The van der Waals surface area contributed by atoms with Crippen LogP contribution in [0.15, 0.2) is 42.5 Å². The van der Waals surface area contributed by atoms with Gasteiger partial charge in [-0.05, 0) is 29.8 Å². The van der Waals surface area contributed by atoms with Crippen molar-refractivity contribution in [1.29, 1.82) is 0 Å². The number of amides is 1. The van der Waals surface area contributed by atoms with Gasteiger partial charge in [0.2, 0.25) is 6.10 Å². The molecule has 1 heterocycles. The third kappa shape index (κ3) is 3.54. The van der Waals surface area contributed by atoms with E-state index in [4.69, 9.17) is 32.7 Å². The molecule has 4 nitrogen and oxygen atoms in total. The highest BCUT2D eigenvalue weighted by molar-refractivity contribution is 6.35. The van der Waals surface area contributed by atoms with E-state index >= 15 is 0 Å². The Hall–Kier alpha value is -1.91. The van der Waals surface area contributed by atoms with Crippen molar-refractivity contribution in [3.63, 3.8) is 0 Å². The van der Waals surface area contributed by atoms with Crippen molar-refractivity contribution in [2.45, 2.75) is 12.6 Å². The first kappa shape index (κ1) is 16.0. The summed E-state index contributed by atoms with van der Waals surface area (Å²) in [5, 5.41) is 1.09. The Morgan fingerprint density at radius 2 is 1.96 bits per heavy atom. The van der Waals surface area contributed by atoms with Crippen LogP contribution in [-0.4, -0.2) is 30.6 Å². The number of rotatable bonds is 3. The van der Waals surface area contributed by atoms with E-state index in [2.05, 4.69) is 0 Å². The Kier molecular flexibility index (Phi) is 4.64. The van der Waals surface area contributed by atoms with E-state index in [-0.39, 0.29) is 12.5 Å². The van der Waals surface area contributed by atoms with Gasteiger partial charge in [-0.25, -0.2) is 0 Å². The largest absolute Gasteiger partial charge is 0.485 e. The minimum absolute atomic E-state index is 0.162. The van der Waals surface area contributed by atoms with Crippen LogP contribution in [0.25, 0.3) is 0 Å². The molecule has 2 aromatic carbocycles. The van der Waals surface area contributed by atoms with E-state index in [1.807, 2.05) is 24.3 Å². The smallest absolute Gasteiger partial charge is 0.267 e. The molecule has 0 radical (unpaired) electrons. The highest BCUT2D eigenvalue weighted by atomic mass is 35.5. The molecule has 1 aliphatic heterocycles. The molecule has 6 heteroatoms. The third-order valence-electron chi connectivity index (χ3n) is 3.58. The summed E-state index contributed by atoms with van der Waals surface area (Å²) in [5.41, 5.74) is 0.823. The van der Waals surface area contributed by atoms with Gasteiger partial charge in [0.1, 0.15) is 6.61 Å². The van der Waals surface area contributed by atoms with Crippen molar-refractivity contribution in [2.75, 3.05) is 13.7 Å². The van der Waals surface area contributed by atoms with Gasteiger partial charge in [-0.3, -0.25) is 4.79 Å². The molecule has 2 aromatic rings. The normalized spacial score (nSPS) is 16.0. The Labute approximate surface area is 144 Å². The van der Waals surface area contributed by atoms with Crippen LogP contribution in [0.4, 0.5) is 0 Å². The molecule has 0 unspecified atom stereocenters. The molecule has 0 aliphatic carbocycles. The summed E-state index contributed by atoms with van der Waals surface area (Å²) in [4.78, 5) is 14.1. The molecular formula is C17H15Cl2NO3. The highest BCUT2D eigenvalue weighted by Gasteiger charge is 2.29. The summed E-state index contributed by atoms with van der Waals surface area (Å²) in [7, 11) is 1.71. The molecule has 1 amide bonds. The summed E-state index contributed by atoms with van der Waals surface area (Å²) < 4.78 is 11.3. The molecule has 23 heavy (non-hydrogen) atoms. The van der Waals surface area contributed by atoms with Crippen LogP contribution in [0, 0.1) is 0 Å². The third-order valence-corrected chi connectivity index (χ3v) is 4.17. The van der Waals surface area contributed by atoms with Gasteiger partial charge in [0.05, 0.1) is 0 Å². The lowest BCUT2D eigenvalue weighted by Crippen LogP contribution is -2.44. The number of carbonyl (C=O) groups is 1. The lowest BCUT2D eigenvalue weighted by molar-refractivity contribution is -0.140. The van der Waals surface area contributed by atoms with Crippen LogP contribution in [0.3, 0.4) is 0 Å². The molecule has 0 fully saturated rings. The number of para-hydroxylation sites is 2. The Morgan fingerprint density at radius 1 is 1.22 bits per heavy atom. The van der Waals surface area contributed by atoms with Gasteiger partial charge in [0.25, 0.3) is 5.91 Å². The maximum Gasteiger partial charge on any atom is 0.267 e. The average Bonchev–Trinajstić information content (AvgIpc) is 2.56. The fourth-order valence-corrected chi connectivity index (χ4v) is 2.84. The second-order valence-electron chi connectivity index (χ2n) is 5.29. The lowest BCUT2D eigenvalue weighted by Gasteiger charge is -2.29. The van der Waals surface area contributed by atoms with Gasteiger partial charge in [-0.1, -0.05) is 41.4 Å². The molecule has 3 rings (SSSR count). The summed E-state index contributed by atoms with van der Waals surface area (Å²) in [6.07, 6.45) is -0.666. The number of nitrogens with zero attached hydrogens (tertiary/aromatic N) is 1. The van der Waals surface area contributed by atoms with Gasteiger partial charge in [0.15, 0.2) is 11.5 Å². The fraction of sp³-hybridized carbons (Fsp3) is 0.235. The predicted octanol–water partition coefficient (Wildman–Crippen LogP) is 3.79. The molecule has 0 aromatic heterocycles. The van der Waals surface area contributed by atoms with Gasteiger partial charge in [-0.2, -0.15) is 0 Å². The van der Waals surface area contributed by atoms with Crippen LogP contribution in [-0.2, 0) is 11.3 Å². The zero-order valence-electron chi connectivity index (χ0n) is 12.5. The predicted molar refractivity (Wildman–Crippen MR) is 89.3 cm³/mol. The standard InChI is InChI=1S/C17H15Cl2NO3/c1-20(9-11-6-7-12(18)8-13(11)19)17(21)16-10-22-14-4-2-3-5-15(14)23-16/h2-8,16H,9-10H2,1H3/t16-/m0/s1. The first-order valence-electron chi connectivity index (χ1n) is 7.12. The molecule has 1 aliphatic rings. The van der Waals surface area contributed by atoms with Crippen molar-refractivity contribution in [2.24, 2.45) is 0 Å². The molecule has 0 spiro atoms. The number of likely N-dealkylation sites (N-methyl/N-ethyl adjacent to an activating group) is 1. The Balaban J connectivity index is 1.68. The number of hydrogen-bond donors (Lipinski definition) is 0. The summed E-state index contributed by atoms with van der Waals surface area (Å²) >= 11 is 12.0. The number of ether oxygens (including phenoxy) is 2. The molecule has 0 saturated heterocycles. The zero-order valence-corrected chi connectivity index (χ0v) is 14.0. The van der Waals surface area contributed by atoms with Crippen LogP contribution < -0.4 is 9.47 Å². The van der Waals surface area contributed by atoms with E-state index < -0.39 is 6.10 Å². The Morgan fingerprint density at radius 3 is 2.70 bits per heavy atom. The van der Waals surface area contributed by atoms with Crippen molar-refractivity contribution in [3.8, 4) is 11.5 Å². The average molecular weight is 352 g/mol. The van der Waals surface area contributed by atoms with Gasteiger partial charge < -0.3 is 14.4 Å². The maximum atomic E-state index is 12.5. The first-order valence-corrected chi connectivity index (χ1v) is 7.87. The number of halogens is 2. The molecule has 0 N–H and O–H groups in total. The monoisotopic (exact) mass is 351 g/mol. The molecule has 0 saturated carbocycles. The van der Waals surface area contributed by atoms with Gasteiger partial charge in [-0.15, -0.1) is 0 Å². The van der Waals surface area contributed by atoms with E-state index in [0.29, 0.717) is 28.1 Å². The van der Waals surface area contributed by atoms with E-state index in [1.54, 1.807) is 30.1 Å². The number of hydrogen-bond acceptors (Lipinski definition) is 3. The fourth-order valence-electron chi connectivity index (χ4n) is 2.37. The SMILES string of the molecule is CN(Cc1ccc(Cl)cc1Cl)C(=O)[C@@H]1COc2ccccc2O1. The second kappa shape index (κ2) is 6.69. The van der Waals surface area contributed by atoms with Crippen molar-refractivity contribution >= 4 is 29.1 Å². The van der Waals surface area contributed by atoms with E-state index in [9.17, 15) is 4.79 Å². The van der Waals surface area contributed by atoms with Crippen LogP contribution in [0.2, 0.25) is 10.0 Å². The minimum Gasteiger partial charge on any atom is -0.485 e. The van der Waals surface area contributed by atoms with Gasteiger partial charge in [0, 0.05) is 23.6 Å². The van der Waals surface area contributed by atoms with Crippen molar-refractivity contribution in [1.82, 2.24) is 4.90 Å². The molecule has 0 bridgehead atoms. The highest BCUT2D eigenvalue weighted by Crippen LogP contribution is 2.31. The van der Waals surface area contributed by atoms with Crippen LogP contribution in [0.5, 0.6) is 11.5 Å². The topological polar surface area (TPSA) is 38.8 Å². The molecular weight excluding hydrogens is 337 g/mol. The van der Waals surface area contributed by atoms with E-state index in [1.165, 1.54) is 0 Å². The van der Waals surface area contributed by atoms with Crippen molar-refractivity contribution < 1.29 is 14.3 Å². The molecule has 120 valence electrons. The first-order chi connectivity index (χ1) is 11.0. The summed E-state index contributed by atoms with van der Waals surface area (Å²) in [6, 6.07) is 12.5. The second-order valence-corrected chi connectivity index (χ2v) is 6.14. The van der Waals surface area contributed by atoms with Crippen LogP contribution in [0.1, 0.15) is 5.56 Å².